The van der Waals surface area contributed by atoms with Gasteiger partial charge in [0.1, 0.15) is 11.8 Å². The van der Waals surface area contributed by atoms with Crippen molar-refractivity contribution >= 4 is 17.6 Å². The second-order valence-electron chi connectivity index (χ2n) is 3.96. The van der Waals surface area contributed by atoms with Crippen LogP contribution in [0.5, 0.6) is 5.75 Å². The largest absolute Gasteiger partial charge is 0.496 e. The Hall–Kier alpha value is -1.26. The van der Waals surface area contributed by atoms with Crippen LogP contribution in [0.15, 0.2) is 6.07 Å². The monoisotopic (exact) mass is 257 g/mol. The Morgan fingerprint density at radius 2 is 2.18 bits per heavy atom. The van der Waals surface area contributed by atoms with Gasteiger partial charge < -0.3 is 15.6 Å². The average Bonchev–Trinajstić information content (AvgIpc) is 2.29. The number of benzene rings is 1. The summed E-state index contributed by atoms with van der Waals surface area (Å²) in [5.41, 5.74) is 8.00. The highest BCUT2D eigenvalue weighted by Gasteiger charge is 2.19. The summed E-state index contributed by atoms with van der Waals surface area (Å²) in [6, 6.07) is 0.834. The number of halogens is 1. The summed E-state index contributed by atoms with van der Waals surface area (Å²) >= 11 is 6.13. The van der Waals surface area contributed by atoms with Gasteiger partial charge in [-0.05, 0) is 31.0 Å². The fraction of sp³-hybridized carbons (Fsp3) is 0.417. The van der Waals surface area contributed by atoms with Crippen LogP contribution in [0.3, 0.4) is 0 Å². The molecule has 1 rings (SSSR count). The Kier molecular flexibility index (Phi) is 4.37. The van der Waals surface area contributed by atoms with Crippen LogP contribution < -0.4 is 10.5 Å². The standard InChI is InChI=1S/C12H16ClNO3/c1-6-4-10(17-3)8(7(2)11(6)13)5-9(14)12(15)16/h4,9H,5,14H2,1-3H3,(H,15,16). The normalized spacial score (nSPS) is 12.3. The zero-order valence-corrected chi connectivity index (χ0v) is 10.8. The number of methoxy groups -OCH3 is 1. The number of rotatable bonds is 4. The molecule has 1 atom stereocenters. The molecule has 0 aliphatic heterocycles. The number of aryl methyl sites for hydroxylation is 1. The molecular weight excluding hydrogens is 242 g/mol. The molecule has 1 aromatic rings. The molecule has 4 nitrogen and oxygen atoms in total. The van der Waals surface area contributed by atoms with Crippen LogP contribution in [0.4, 0.5) is 0 Å². The van der Waals surface area contributed by atoms with E-state index in [1.54, 1.807) is 6.07 Å². The lowest BCUT2D eigenvalue weighted by Crippen LogP contribution is -2.32. The third-order valence-electron chi connectivity index (χ3n) is 2.73. The Balaban J connectivity index is 3.21. The van der Waals surface area contributed by atoms with Crippen molar-refractivity contribution in [2.24, 2.45) is 5.73 Å². The van der Waals surface area contributed by atoms with E-state index in [-0.39, 0.29) is 6.42 Å². The summed E-state index contributed by atoms with van der Waals surface area (Å²) in [7, 11) is 1.54. The van der Waals surface area contributed by atoms with Gasteiger partial charge in [-0.2, -0.15) is 0 Å². The van der Waals surface area contributed by atoms with Gasteiger partial charge in [-0.25, -0.2) is 0 Å². The minimum Gasteiger partial charge on any atom is -0.496 e. The number of ether oxygens (including phenoxy) is 1. The second-order valence-corrected chi connectivity index (χ2v) is 4.34. The first-order valence-corrected chi connectivity index (χ1v) is 5.57. The summed E-state index contributed by atoms with van der Waals surface area (Å²) in [5.74, 6) is -0.413. The van der Waals surface area contributed by atoms with Crippen molar-refractivity contribution in [3.8, 4) is 5.75 Å². The van der Waals surface area contributed by atoms with Gasteiger partial charge in [-0.3, -0.25) is 4.79 Å². The van der Waals surface area contributed by atoms with Gasteiger partial charge >= 0.3 is 5.97 Å². The molecule has 0 bridgehead atoms. The maximum Gasteiger partial charge on any atom is 0.320 e. The predicted octanol–water partition coefficient (Wildman–Crippen LogP) is 1.92. The molecule has 17 heavy (non-hydrogen) atoms. The number of carbonyl (C=O) groups is 1. The van der Waals surface area contributed by atoms with Gasteiger partial charge in [0.05, 0.1) is 7.11 Å². The Morgan fingerprint density at radius 3 is 2.65 bits per heavy atom. The summed E-state index contributed by atoms with van der Waals surface area (Å²) in [6.45, 7) is 3.71. The van der Waals surface area contributed by atoms with E-state index in [4.69, 9.17) is 27.2 Å². The summed E-state index contributed by atoms with van der Waals surface area (Å²) in [5, 5.41) is 9.45. The molecule has 3 N–H and O–H groups in total. The molecule has 0 radical (unpaired) electrons. The SMILES string of the molecule is COc1cc(C)c(Cl)c(C)c1CC(N)C(=O)O. The molecule has 94 valence electrons. The van der Waals surface area contributed by atoms with Crippen LogP contribution in [0.25, 0.3) is 0 Å². The number of hydrogen-bond acceptors (Lipinski definition) is 3. The highest BCUT2D eigenvalue weighted by atomic mass is 35.5. The Labute approximate surface area is 105 Å². The van der Waals surface area contributed by atoms with E-state index in [1.165, 1.54) is 7.11 Å². The molecule has 0 aliphatic carbocycles. The molecule has 0 heterocycles. The van der Waals surface area contributed by atoms with Gasteiger partial charge in [0.15, 0.2) is 0 Å². The van der Waals surface area contributed by atoms with Gasteiger partial charge in [0.2, 0.25) is 0 Å². The molecule has 0 fully saturated rings. The first kappa shape index (κ1) is 13.8. The van der Waals surface area contributed by atoms with Crippen LogP contribution in [0.1, 0.15) is 16.7 Å². The number of aliphatic carboxylic acids is 1. The number of carboxylic acid groups (broad SMARTS) is 1. The molecule has 0 spiro atoms. The van der Waals surface area contributed by atoms with E-state index in [2.05, 4.69) is 0 Å². The predicted molar refractivity (Wildman–Crippen MR) is 66.8 cm³/mol. The molecule has 5 heteroatoms. The fourth-order valence-electron chi connectivity index (χ4n) is 1.70. The average molecular weight is 258 g/mol. The van der Waals surface area contributed by atoms with Crippen LogP contribution >= 0.6 is 11.6 Å². The summed E-state index contributed by atoms with van der Waals surface area (Å²) in [4.78, 5) is 10.8. The quantitative estimate of drug-likeness (QED) is 0.864. The molecule has 0 aliphatic rings. The lowest BCUT2D eigenvalue weighted by molar-refractivity contribution is -0.138. The molecule has 1 aromatic carbocycles. The van der Waals surface area contributed by atoms with E-state index in [9.17, 15) is 4.79 Å². The minimum atomic E-state index is -1.04. The van der Waals surface area contributed by atoms with Gasteiger partial charge in [-0.15, -0.1) is 0 Å². The first-order chi connectivity index (χ1) is 7.88. The van der Waals surface area contributed by atoms with Crippen molar-refractivity contribution in [1.29, 1.82) is 0 Å². The number of hydrogen-bond donors (Lipinski definition) is 2. The maximum atomic E-state index is 10.8. The smallest absolute Gasteiger partial charge is 0.320 e. The third kappa shape index (κ3) is 2.90. The van der Waals surface area contributed by atoms with Crippen molar-refractivity contribution in [3.05, 3.63) is 27.8 Å². The second kappa shape index (κ2) is 5.38. The van der Waals surface area contributed by atoms with Crippen LogP contribution in [-0.4, -0.2) is 24.2 Å². The van der Waals surface area contributed by atoms with E-state index < -0.39 is 12.0 Å². The van der Waals surface area contributed by atoms with E-state index in [0.717, 1.165) is 16.7 Å². The molecule has 0 amide bonds. The van der Waals surface area contributed by atoms with Crippen molar-refractivity contribution < 1.29 is 14.6 Å². The van der Waals surface area contributed by atoms with E-state index in [1.807, 2.05) is 13.8 Å². The van der Waals surface area contributed by atoms with Crippen molar-refractivity contribution in [1.82, 2.24) is 0 Å². The zero-order chi connectivity index (χ0) is 13.2. The van der Waals surface area contributed by atoms with Gasteiger partial charge in [0.25, 0.3) is 0 Å². The number of nitrogens with two attached hydrogens (primary N) is 1. The molecule has 0 saturated heterocycles. The van der Waals surface area contributed by atoms with Gasteiger partial charge in [-0.1, -0.05) is 11.6 Å². The topological polar surface area (TPSA) is 72.5 Å². The highest BCUT2D eigenvalue weighted by molar-refractivity contribution is 6.32. The lowest BCUT2D eigenvalue weighted by Gasteiger charge is -2.16. The molecule has 0 aromatic heterocycles. The molecular formula is C12H16ClNO3. The van der Waals surface area contributed by atoms with E-state index in [0.29, 0.717) is 10.8 Å². The van der Waals surface area contributed by atoms with Crippen LogP contribution in [0, 0.1) is 13.8 Å². The highest BCUT2D eigenvalue weighted by Crippen LogP contribution is 2.32. The van der Waals surface area contributed by atoms with Crippen molar-refractivity contribution in [3.63, 3.8) is 0 Å². The fourth-order valence-corrected chi connectivity index (χ4v) is 1.87. The van der Waals surface area contributed by atoms with Gasteiger partial charge in [0, 0.05) is 17.0 Å². The third-order valence-corrected chi connectivity index (χ3v) is 3.32. The first-order valence-electron chi connectivity index (χ1n) is 5.19. The van der Waals surface area contributed by atoms with Crippen molar-refractivity contribution in [2.75, 3.05) is 7.11 Å². The van der Waals surface area contributed by atoms with E-state index >= 15 is 0 Å². The zero-order valence-electron chi connectivity index (χ0n) is 10.1. The maximum absolute atomic E-state index is 10.8. The summed E-state index contributed by atoms with van der Waals surface area (Å²) in [6.07, 6.45) is 0.199. The Bertz CT molecular complexity index is 446. The number of carboxylic acids is 1. The van der Waals surface area contributed by atoms with Crippen molar-refractivity contribution in [2.45, 2.75) is 26.3 Å². The lowest BCUT2D eigenvalue weighted by atomic mass is 9.98. The molecule has 0 saturated carbocycles. The summed E-state index contributed by atoms with van der Waals surface area (Å²) < 4.78 is 5.24. The van der Waals surface area contributed by atoms with Crippen LogP contribution in [-0.2, 0) is 11.2 Å². The van der Waals surface area contributed by atoms with Crippen LogP contribution in [0.2, 0.25) is 5.02 Å². The Morgan fingerprint density at radius 1 is 1.59 bits per heavy atom. The molecule has 1 unspecified atom stereocenters. The minimum absolute atomic E-state index is 0.199.